The fourth-order valence-electron chi connectivity index (χ4n) is 0.204. The van der Waals surface area contributed by atoms with Crippen LogP contribution < -0.4 is 0 Å². The smallest absolute Gasteiger partial charge is 0.0417 e. The molecule has 0 aliphatic rings. The second kappa shape index (κ2) is 4.00. The van der Waals surface area contributed by atoms with Crippen LogP contribution in [-0.4, -0.2) is 0 Å². The highest BCUT2D eigenvalue weighted by Crippen LogP contribution is 1.86. The van der Waals surface area contributed by atoms with Gasteiger partial charge in [0.1, 0.15) is 0 Å². The molecule has 0 aliphatic heterocycles. The van der Waals surface area contributed by atoms with Crippen LogP contribution in [0.4, 0.5) is 0 Å². The van der Waals surface area contributed by atoms with Crippen LogP contribution in [0.5, 0.6) is 0 Å². The highest BCUT2D eigenvalue weighted by atomic mass is 13.7. The standard InChI is InChI=1S/C5H10/c1-3-5-4-2/h4H,1,3,5H2,2H3. The third-order valence-electron chi connectivity index (χ3n) is 0.493. The van der Waals surface area contributed by atoms with E-state index < -0.39 is 0 Å². The van der Waals surface area contributed by atoms with Crippen molar-refractivity contribution in [3.8, 4) is 0 Å². The fraction of sp³-hybridized carbons (Fsp3) is 0.600. The Morgan fingerprint density at radius 1 is 1.80 bits per heavy atom. The van der Waals surface area contributed by atoms with Gasteiger partial charge in [-0.15, -0.1) is 0 Å². The Bertz CT molecular complexity index is 7.51. The molecular weight excluding hydrogens is 60.1 g/mol. The minimum Gasteiger partial charge on any atom is -0.0623 e. The minimum absolute atomic E-state index is 1.04. The molecule has 0 fully saturated rings. The van der Waals surface area contributed by atoms with E-state index >= 15 is 0 Å². The number of hydrogen-bond acceptors (Lipinski definition) is 0. The van der Waals surface area contributed by atoms with Crippen LogP contribution >= 0.6 is 0 Å². The molecule has 0 amide bonds. The molecule has 0 aromatic rings. The molecule has 0 N–H and O–H groups in total. The van der Waals surface area contributed by atoms with Crippen molar-refractivity contribution in [3.05, 3.63) is 13.3 Å². The van der Waals surface area contributed by atoms with Crippen molar-refractivity contribution < 1.29 is 0 Å². The van der Waals surface area contributed by atoms with Gasteiger partial charge in [-0.2, -0.15) is 0 Å². The highest BCUT2D eigenvalue weighted by molar-refractivity contribution is 4.54. The number of rotatable bonds is 2. The third-order valence-corrected chi connectivity index (χ3v) is 0.493. The van der Waals surface area contributed by atoms with Gasteiger partial charge in [0.2, 0.25) is 0 Å². The van der Waals surface area contributed by atoms with Crippen LogP contribution in [0.25, 0.3) is 0 Å². The molecule has 0 heteroatoms. The van der Waals surface area contributed by atoms with E-state index in [9.17, 15) is 0 Å². The van der Waals surface area contributed by atoms with Crippen molar-refractivity contribution in [1.82, 2.24) is 0 Å². The van der Waals surface area contributed by atoms with E-state index in [1.165, 1.54) is 0 Å². The largest absolute Gasteiger partial charge is 0.0623 e. The fourth-order valence-corrected chi connectivity index (χ4v) is 0.204. The topological polar surface area (TPSA) is 0 Å². The van der Waals surface area contributed by atoms with Gasteiger partial charge in [-0.25, -0.2) is 0 Å². The van der Waals surface area contributed by atoms with E-state index in [1.807, 2.05) is 6.92 Å². The first-order valence-corrected chi connectivity index (χ1v) is 1.99. The van der Waals surface area contributed by atoms with Crippen LogP contribution in [0.3, 0.4) is 0 Å². The van der Waals surface area contributed by atoms with E-state index in [0.717, 1.165) is 12.8 Å². The summed E-state index contributed by atoms with van der Waals surface area (Å²) in [6, 6.07) is 0. The summed E-state index contributed by atoms with van der Waals surface area (Å²) in [6.07, 6.45) is 4.31. The van der Waals surface area contributed by atoms with Crippen molar-refractivity contribution in [2.45, 2.75) is 19.8 Å². The minimum atomic E-state index is 1.04. The van der Waals surface area contributed by atoms with Crippen LogP contribution in [0.2, 0.25) is 0 Å². The molecule has 30 valence electrons. The van der Waals surface area contributed by atoms with E-state index in [0.29, 0.717) is 0 Å². The molecule has 0 aliphatic carbocycles. The maximum atomic E-state index is 3.64. The van der Waals surface area contributed by atoms with Crippen molar-refractivity contribution in [1.29, 1.82) is 0 Å². The molecule has 0 spiro atoms. The van der Waals surface area contributed by atoms with E-state index in [4.69, 9.17) is 0 Å². The summed E-state index contributed by atoms with van der Waals surface area (Å²) in [6.45, 7) is 5.69. The zero-order valence-electron chi connectivity index (χ0n) is 3.70. The predicted octanol–water partition coefficient (Wildman–Crippen LogP) is 1.82. The van der Waals surface area contributed by atoms with E-state index in [1.54, 1.807) is 0 Å². The molecule has 0 aromatic heterocycles. The lowest BCUT2D eigenvalue weighted by atomic mass is 10.3. The van der Waals surface area contributed by atoms with Gasteiger partial charge in [0, 0.05) is 0 Å². The maximum absolute atomic E-state index is 3.64. The monoisotopic (exact) mass is 70.1 g/mol. The van der Waals surface area contributed by atoms with Crippen molar-refractivity contribution in [2.75, 3.05) is 0 Å². The molecule has 0 atom stereocenters. The lowest BCUT2D eigenvalue weighted by Crippen LogP contribution is -1.61. The van der Waals surface area contributed by atoms with Crippen molar-refractivity contribution >= 4 is 0 Å². The molecule has 0 rings (SSSR count). The maximum Gasteiger partial charge on any atom is -0.0417 e. The molecule has 0 saturated carbocycles. The van der Waals surface area contributed by atoms with Gasteiger partial charge >= 0.3 is 0 Å². The first-order valence-electron chi connectivity index (χ1n) is 1.99. The van der Waals surface area contributed by atoms with Crippen LogP contribution in [0.15, 0.2) is 0 Å². The third kappa shape index (κ3) is 4.00. The zero-order chi connectivity index (χ0) is 4.12. The lowest BCUT2D eigenvalue weighted by molar-refractivity contribution is 0.971. The van der Waals surface area contributed by atoms with Crippen LogP contribution in [-0.2, 0) is 0 Å². The quantitative estimate of drug-likeness (QED) is 0.465. The number of unbranched alkanes of at least 4 members (excludes halogenated alkanes) is 2. The van der Waals surface area contributed by atoms with E-state index in [-0.39, 0.29) is 0 Å². The van der Waals surface area contributed by atoms with Crippen molar-refractivity contribution in [3.63, 3.8) is 0 Å². The van der Waals surface area contributed by atoms with Crippen LogP contribution in [0.1, 0.15) is 19.8 Å². The Labute approximate surface area is 34.2 Å². The summed E-state index contributed by atoms with van der Waals surface area (Å²) in [5, 5.41) is 0. The summed E-state index contributed by atoms with van der Waals surface area (Å²) in [5.74, 6) is 0. The van der Waals surface area contributed by atoms with Gasteiger partial charge < -0.3 is 0 Å². The number of hydrogen-bond donors (Lipinski definition) is 0. The molecule has 0 aromatic carbocycles. The Balaban J connectivity index is 2.19. The predicted molar refractivity (Wildman–Crippen MR) is 24.6 cm³/mol. The Kier molecular flexibility index (Phi) is 4.00. The Morgan fingerprint density at radius 2 is 2.40 bits per heavy atom. The molecule has 0 heterocycles. The highest BCUT2D eigenvalue weighted by Gasteiger charge is 1.68. The first-order chi connectivity index (χ1) is 2.41. The van der Waals surface area contributed by atoms with Crippen molar-refractivity contribution in [2.24, 2.45) is 0 Å². The van der Waals surface area contributed by atoms with Gasteiger partial charge in [-0.05, 0) is 6.42 Å². The molecule has 0 unspecified atom stereocenters. The van der Waals surface area contributed by atoms with Gasteiger partial charge in [0.25, 0.3) is 0 Å². The van der Waals surface area contributed by atoms with Gasteiger partial charge in [-0.1, -0.05) is 26.7 Å². The average Bonchev–Trinajstić information content (AvgIpc) is 1.41. The second-order valence-electron chi connectivity index (χ2n) is 1.05. The summed E-state index contributed by atoms with van der Waals surface area (Å²) in [4.78, 5) is 0. The van der Waals surface area contributed by atoms with Gasteiger partial charge in [0.15, 0.2) is 0 Å². The Morgan fingerprint density at radius 3 is 2.40 bits per heavy atom. The Hall–Kier alpha value is 0. The van der Waals surface area contributed by atoms with Gasteiger partial charge in [0.05, 0.1) is 0 Å². The molecule has 0 saturated heterocycles. The molecule has 0 nitrogen and oxygen atoms in total. The van der Waals surface area contributed by atoms with Gasteiger partial charge in [-0.3, -0.25) is 0 Å². The molecule has 5 heavy (non-hydrogen) atoms. The molecular formula is C5H10. The van der Waals surface area contributed by atoms with E-state index in [2.05, 4.69) is 13.3 Å². The van der Waals surface area contributed by atoms with Crippen LogP contribution in [0, 0.1) is 13.3 Å². The lowest BCUT2D eigenvalue weighted by Gasteiger charge is -1.78. The molecule has 2 radical (unpaired) electrons. The average molecular weight is 70.1 g/mol. The molecule has 0 bridgehead atoms. The first kappa shape index (κ1) is 5.00. The zero-order valence-corrected chi connectivity index (χ0v) is 3.70. The summed E-state index contributed by atoms with van der Waals surface area (Å²) in [7, 11) is 0. The normalized spacial score (nSPS) is 8.40. The SMILES string of the molecule is [CH2]CC[CH]C. The summed E-state index contributed by atoms with van der Waals surface area (Å²) >= 11 is 0. The second-order valence-corrected chi connectivity index (χ2v) is 1.05. The summed E-state index contributed by atoms with van der Waals surface area (Å²) < 4.78 is 0. The summed E-state index contributed by atoms with van der Waals surface area (Å²) in [5.41, 5.74) is 0.